The van der Waals surface area contributed by atoms with E-state index in [2.05, 4.69) is 482 Å². The van der Waals surface area contributed by atoms with Gasteiger partial charge in [-0.05, 0) is 131 Å². The molecule has 21 aromatic carbocycles. The smallest absolute Gasteiger partial charge is 0.238 e. The topological polar surface area (TPSA) is 146 Å². The van der Waals surface area contributed by atoms with Gasteiger partial charge in [-0.2, -0.15) is 29.9 Å². The normalized spacial score (nSPS) is 11.6. The highest BCUT2D eigenvalue weighted by molar-refractivity contribution is 6.18. The summed E-state index contributed by atoms with van der Waals surface area (Å²) in [5, 5.41) is 14.3. The first-order valence-corrected chi connectivity index (χ1v) is 50.4. The van der Waals surface area contributed by atoms with E-state index in [0.29, 0.717) is 52.8 Å². The lowest BCUT2D eigenvalue weighted by atomic mass is 9.99. The molecule has 30 rings (SSSR count). The third kappa shape index (κ3) is 15.3. The predicted octanol–water partition coefficient (Wildman–Crippen LogP) is 33.2. The van der Waals surface area contributed by atoms with Gasteiger partial charge in [-0.25, -0.2) is 15.0 Å². The summed E-state index contributed by atoms with van der Waals surface area (Å²) in [4.78, 5) is 46.5. The summed E-state index contributed by atoms with van der Waals surface area (Å²) in [6.45, 7) is 0. The summed E-state index contributed by atoms with van der Waals surface area (Å²) in [7, 11) is 0. The Labute approximate surface area is 861 Å². The van der Waals surface area contributed by atoms with Crippen LogP contribution in [0, 0.1) is 0 Å². The van der Waals surface area contributed by atoms with Crippen molar-refractivity contribution in [2.45, 2.75) is 0 Å². The number of benzene rings is 21. The van der Waals surface area contributed by atoms with Crippen molar-refractivity contribution in [2.75, 3.05) is 0 Å². The monoisotopic (exact) mass is 1920 g/mol. The van der Waals surface area contributed by atoms with Crippen LogP contribution in [0.1, 0.15) is 0 Å². The third-order valence-electron chi connectivity index (χ3n) is 28.7. The van der Waals surface area contributed by atoms with Gasteiger partial charge >= 0.3 is 0 Å². The largest absolute Gasteiger partial charge is 0.309 e. The van der Waals surface area contributed by atoms with Crippen molar-refractivity contribution in [1.29, 1.82) is 0 Å². The van der Waals surface area contributed by atoms with E-state index in [4.69, 9.17) is 44.9 Å². The second-order valence-electron chi connectivity index (χ2n) is 37.5. The molecule has 0 fully saturated rings. The first-order chi connectivity index (χ1) is 74.4. The van der Waals surface area contributed by atoms with Crippen molar-refractivity contribution in [1.82, 2.24) is 72.3 Å². The second-order valence-corrected chi connectivity index (χ2v) is 37.5. The van der Waals surface area contributed by atoms with Gasteiger partial charge < -0.3 is 13.7 Å². The van der Waals surface area contributed by atoms with Crippen molar-refractivity contribution in [2.24, 2.45) is 0 Å². The summed E-state index contributed by atoms with van der Waals surface area (Å²) >= 11 is 0. The third-order valence-corrected chi connectivity index (χ3v) is 28.7. The number of aromatic nitrogens is 15. The van der Waals surface area contributed by atoms with Crippen molar-refractivity contribution >= 4 is 131 Å². The van der Waals surface area contributed by atoms with Gasteiger partial charge in [0.05, 0.1) is 66.2 Å². The Morgan fingerprint density at radius 1 is 0.120 bits per heavy atom. The van der Waals surface area contributed by atoms with Crippen LogP contribution < -0.4 is 0 Å². The Morgan fingerprint density at radius 2 is 0.353 bits per heavy atom. The van der Waals surface area contributed by atoms with Crippen LogP contribution in [0.25, 0.3) is 267 Å². The van der Waals surface area contributed by atoms with E-state index in [1.165, 1.54) is 43.4 Å². The summed E-state index contributed by atoms with van der Waals surface area (Å²) in [5.41, 5.74) is 28.9. The molecule has 9 heterocycles. The van der Waals surface area contributed by atoms with Gasteiger partial charge in [0.2, 0.25) is 17.8 Å². The zero-order valence-corrected chi connectivity index (χ0v) is 80.9. The Hall–Kier alpha value is -20.6. The highest BCUT2D eigenvalue weighted by atomic mass is 15.2. The Balaban J connectivity index is 0.000000108. The highest BCUT2D eigenvalue weighted by Gasteiger charge is 2.27. The van der Waals surface area contributed by atoms with Crippen molar-refractivity contribution in [3.05, 3.63) is 528 Å². The quantitative estimate of drug-likeness (QED) is 0.0979. The standard InChI is InChI=1S/3C45H29N5/c1-3-15-30(16-4-1)34-24-14-25-38-37-23-9-12-28-41(37)50(42(34)38)45-47-43(31-17-5-2-6-18-31)46-44(48-45)32-19-13-20-33(29-32)49-39-26-10-7-21-35(39)36-22-8-11-27-40(36)49;1-3-15-30(16-4-1)34-24-14-28-41-42(34)37-23-9-12-27-40(37)49(41)33-20-13-19-32(29-33)44-46-43(31-17-5-2-6-18-31)47-45(48-44)50-38-25-10-7-21-35(38)36-22-8-11-26-39(36)50;1-3-14-30(15-4-1)32-26-27-38-37-22-9-12-25-41(37)50(42(38)29-32)45-47-43(31-16-5-2-6-17-31)46-44(48-45)33-18-13-19-34(28-33)49-39-23-10-7-20-35(39)36-21-8-11-24-40(36)49/h3*1-29H. The van der Waals surface area contributed by atoms with Crippen molar-refractivity contribution < 1.29 is 0 Å². The maximum atomic E-state index is 5.29. The lowest BCUT2D eigenvalue weighted by Gasteiger charge is -2.14. The molecule has 0 atom stereocenters. The minimum atomic E-state index is 0.575. The molecule has 0 aliphatic rings. The zero-order chi connectivity index (χ0) is 99.1. The molecule has 0 saturated heterocycles. The minimum Gasteiger partial charge on any atom is -0.309 e. The van der Waals surface area contributed by atoms with E-state index in [9.17, 15) is 0 Å². The van der Waals surface area contributed by atoms with Gasteiger partial charge in [-0.3, -0.25) is 13.7 Å². The summed E-state index contributed by atoms with van der Waals surface area (Å²) in [5.74, 6) is 5.44. The molecule has 30 aromatic rings. The molecule has 702 valence electrons. The summed E-state index contributed by atoms with van der Waals surface area (Å²) < 4.78 is 13.6. The average molecular weight is 1920 g/mol. The second kappa shape index (κ2) is 37.0. The van der Waals surface area contributed by atoms with Crippen LogP contribution in [0.5, 0.6) is 0 Å². The lowest BCUT2D eigenvalue weighted by molar-refractivity contribution is 0.952. The van der Waals surface area contributed by atoms with Gasteiger partial charge in [-0.1, -0.05) is 425 Å². The Kier molecular flexibility index (Phi) is 21.5. The van der Waals surface area contributed by atoms with Crippen LogP contribution in [0.4, 0.5) is 0 Å². The van der Waals surface area contributed by atoms with Crippen LogP contribution >= 0.6 is 0 Å². The molecule has 0 bridgehead atoms. The SMILES string of the molecule is c1ccc(-c2ccc3c4ccccc4n(-c4nc(-c5ccccc5)nc(-c5cccc(-n6c7ccccc7c7ccccc76)c5)n4)c3c2)cc1.c1ccc(-c2nc(-c3cccc(-n4c5ccccc5c5c(-c6ccccc6)cccc54)c3)nc(-n3c4ccccc4c4ccccc43)n2)cc1.c1ccc(-c2nc(-c3cccc(-n4c5ccccc5c5ccccc54)c3)nc(-n3c4ccccc4c4cccc(-c5ccccc5)c43)n2)cc1. The van der Waals surface area contributed by atoms with Gasteiger partial charge in [0.15, 0.2) is 34.9 Å². The van der Waals surface area contributed by atoms with Crippen LogP contribution in [0.15, 0.2) is 528 Å². The Bertz CT molecular complexity index is 10300. The van der Waals surface area contributed by atoms with Gasteiger partial charge in [-0.15, -0.1) is 0 Å². The molecule has 0 spiro atoms. The van der Waals surface area contributed by atoms with Crippen LogP contribution in [0.2, 0.25) is 0 Å². The number of fused-ring (bicyclic) bond motifs is 18. The van der Waals surface area contributed by atoms with Crippen molar-refractivity contribution in [3.8, 4) is 137 Å². The number of rotatable bonds is 15. The fourth-order valence-corrected chi connectivity index (χ4v) is 22.1. The molecular weight excluding hydrogens is 1830 g/mol. The number of nitrogens with zero attached hydrogens (tertiary/aromatic N) is 15. The Morgan fingerprint density at radius 3 is 0.727 bits per heavy atom. The average Bonchev–Trinajstić information content (AvgIpc) is 1.58. The van der Waals surface area contributed by atoms with Gasteiger partial charge in [0.25, 0.3) is 0 Å². The number of para-hydroxylation sites is 10. The molecule has 0 saturated carbocycles. The molecule has 0 amide bonds. The van der Waals surface area contributed by atoms with Gasteiger partial charge in [0, 0.05) is 121 Å². The van der Waals surface area contributed by atoms with Gasteiger partial charge in [0.1, 0.15) is 0 Å². The summed E-state index contributed by atoms with van der Waals surface area (Å²) in [6, 6.07) is 184. The molecule has 0 unspecified atom stereocenters. The van der Waals surface area contributed by atoms with E-state index in [-0.39, 0.29) is 0 Å². The van der Waals surface area contributed by atoms with Crippen LogP contribution in [0.3, 0.4) is 0 Å². The molecule has 15 heteroatoms. The first-order valence-electron chi connectivity index (χ1n) is 50.4. The minimum absolute atomic E-state index is 0.575. The maximum Gasteiger partial charge on any atom is 0.238 e. The molecule has 15 nitrogen and oxygen atoms in total. The van der Waals surface area contributed by atoms with E-state index in [1.54, 1.807) is 0 Å². The number of hydrogen-bond donors (Lipinski definition) is 0. The fraction of sp³-hybridized carbons (Fsp3) is 0. The zero-order valence-electron chi connectivity index (χ0n) is 80.9. The van der Waals surface area contributed by atoms with E-state index in [0.717, 1.165) is 171 Å². The lowest BCUT2D eigenvalue weighted by Crippen LogP contribution is -2.07. The molecule has 0 radical (unpaired) electrons. The van der Waals surface area contributed by atoms with Crippen molar-refractivity contribution in [3.63, 3.8) is 0 Å². The molecule has 0 N–H and O–H groups in total. The fourth-order valence-electron chi connectivity index (χ4n) is 22.1. The first kappa shape index (κ1) is 87.3. The van der Waals surface area contributed by atoms with E-state index in [1.807, 2.05) is 72.8 Å². The predicted molar refractivity (Wildman–Crippen MR) is 614 cm³/mol. The van der Waals surface area contributed by atoms with Crippen LogP contribution in [-0.4, -0.2) is 72.3 Å². The molecule has 150 heavy (non-hydrogen) atoms. The van der Waals surface area contributed by atoms with Crippen LogP contribution in [-0.2, 0) is 0 Å². The highest BCUT2D eigenvalue weighted by Crippen LogP contribution is 2.45. The number of hydrogen-bond acceptors (Lipinski definition) is 9. The molecule has 0 aliphatic heterocycles. The van der Waals surface area contributed by atoms with E-state index < -0.39 is 0 Å². The maximum absolute atomic E-state index is 5.29. The summed E-state index contributed by atoms with van der Waals surface area (Å²) in [6.07, 6.45) is 0. The van der Waals surface area contributed by atoms with E-state index >= 15 is 0 Å². The molecule has 0 aliphatic carbocycles. The molecular formula is C135H87N15. The molecule has 9 aromatic heterocycles.